The largest absolute Gasteiger partial charge is 0.478 e. The fourth-order valence-electron chi connectivity index (χ4n) is 4.47. The van der Waals surface area contributed by atoms with Gasteiger partial charge in [-0.25, -0.2) is 4.79 Å². The molecule has 0 bridgehead atoms. The van der Waals surface area contributed by atoms with Gasteiger partial charge in [0.1, 0.15) is 0 Å². The van der Waals surface area contributed by atoms with Crippen LogP contribution in [-0.2, 0) is 6.42 Å². The van der Waals surface area contributed by atoms with Crippen LogP contribution in [-0.4, -0.2) is 21.0 Å². The smallest absolute Gasteiger partial charge is 0.337 e. The van der Waals surface area contributed by atoms with E-state index in [1.807, 2.05) is 0 Å². The minimum atomic E-state index is -0.974. The zero-order valence-electron chi connectivity index (χ0n) is 17.1. The van der Waals surface area contributed by atoms with Gasteiger partial charge < -0.3 is 5.11 Å². The first kappa shape index (κ1) is 19.2. The van der Waals surface area contributed by atoms with Crippen LogP contribution >= 0.6 is 0 Å². The number of fused-ring (bicyclic) bond motifs is 5. The maximum Gasteiger partial charge on any atom is 0.337 e. The molecule has 0 radical (unpaired) electrons. The summed E-state index contributed by atoms with van der Waals surface area (Å²) in [7, 11) is 0. The Kier molecular flexibility index (Phi) is 5.04. The summed E-state index contributed by atoms with van der Waals surface area (Å²) in [6.07, 6.45) is 14.2. The van der Waals surface area contributed by atoms with Gasteiger partial charge in [-0.3, -0.25) is 9.97 Å². The van der Waals surface area contributed by atoms with E-state index in [-0.39, 0.29) is 5.56 Å². The standard InChI is InChI=1S/C18H16.C9H6N2O2/c1-3-7-15-13(5-1)9-11-18-16-8-4-2-6-14(16)10-12-17(15)18;12-9(13)7-3-6-4-10-2-1-8(6)11-5-7/h1,3-5,7-9,11H,2,6,10,12H2;1-5H,(H,12,13). The first-order valence-corrected chi connectivity index (χ1v) is 10.5. The molecule has 2 aromatic heterocycles. The van der Waals surface area contributed by atoms with Crippen LogP contribution in [0.5, 0.6) is 0 Å². The van der Waals surface area contributed by atoms with Crippen LogP contribution in [0.3, 0.4) is 0 Å². The first-order chi connectivity index (χ1) is 15.2. The van der Waals surface area contributed by atoms with E-state index in [1.54, 1.807) is 35.7 Å². The highest BCUT2D eigenvalue weighted by molar-refractivity contribution is 5.94. The van der Waals surface area contributed by atoms with Crippen molar-refractivity contribution >= 4 is 33.2 Å². The minimum absolute atomic E-state index is 0.181. The Bertz CT molecular complexity index is 1370. The monoisotopic (exact) mass is 406 g/mol. The number of nitrogens with zero attached hydrogens (tertiary/aromatic N) is 2. The Hall–Kier alpha value is -3.79. The summed E-state index contributed by atoms with van der Waals surface area (Å²) < 4.78 is 0. The number of hydrogen-bond acceptors (Lipinski definition) is 3. The fourth-order valence-corrected chi connectivity index (χ4v) is 4.47. The lowest BCUT2D eigenvalue weighted by Gasteiger charge is -2.25. The van der Waals surface area contributed by atoms with Crippen LogP contribution in [0.2, 0.25) is 0 Å². The molecular formula is C27H22N2O2. The average Bonchev–Trinajstić information content (AvgIpc) is 2.83. The summed E-state index contributed by atoms with van der Waals surface area (Å²) in [6, 6.07) is 16.7. The number of aromatic nitrogens is 2. The Balaban J connectivity index is 0.000000140. The molecule has 2 aromatic carbocycles. The minimum Gasteiger partial charge on any atom is -0.478 e. The van der Waals surface area contributed by atoms with E-state index in [4.69, 9.17) is 5.11 Å². The molecule has 0 saturated heterocycles. The second kappa shape index (κ2) is 8.15. The van der Waals surface area contributed by atoms with Gasteiger partial charge >= 0.3 is 5.97 Å². The lowest BCUT2D eigenvalue weighted by atomic mass is 9.80. The van der Waals surface area contributed by atoms with Crippen molar-refractivity contribution in [1.82, 2.24) is 9.97 Å². The summed E-state index contributed by atoms with van der Waals surface area (Å²) in [5.41, 5.74) is 7.14. The number of allylic oxidation sites excluding steroid dienone is 4. The molecule has 2 heterocycles. The van der Waals surface area contributed by atoms with Gasteiger partial charge in [-0.2, -0.15) is 0 Å². The maximum absolute atomic E-state index is 10.6. The van der Waals surface area contributed by atoms with E-state index >= 15 is 0 Å². The zero-order valence-corrected chi connectivity index (χ0v) is 17.1. The number of benzene rings is 2. The van der Waals surface area contributed by atoms with Crippen LogP contribution in [0.25, 0.3) is 27.2 Å². The first-order valence-electron chi connectivity index (χ1n) is 10.5. The van der Waals surface area contributed by atoms with Crippen LogP contribution in [0, 0.1) is 0 Å². The van der Waals surface area contributed by atoms with Crippen LogP contribution < -0.4 is 0 Å². The van der Waals surface area contributed by atoms with E-state index < -0.39 is 5.97 Å². The predicted octanol–water partition coefficient (Wildman–Crippen LogP) is 6.22. The predicted molar refractivity (Wildman–Crippen MR) is 124 cm³/mol. The van der Waals surface area contributed by atoms with Gasteiger partial charge in [-0.15, -0.1) is 0 Å². The summed E-state index contributed by atoms with van der Waals surface area (Å²) in [5, 5.41) is 12.2. The van der Waals surface area contributed by atoms with Gasteiger partial charge in [-0.05, 0) is 65.3 Å². The fraction of sp³-hybridized carbons (Fsp3) is 0.148. The van der Waals surface area contributed by atoms with Crippen molar-refractivity contribution < 1.29 is 9.90 Å². The molecule has 4 aromatic rings. The quantitative estimate of drug-likeness (QED) is 0.408. The number of carboxylic acids is 1. The summed E-state index contributed by atoms with van der Waals surface area (Å²) in [5.74, 6) is -0.974. The van der Waals surface area contributed by atoms with Gasteiger partial charge in [0.15, 0.2) is 0 Å². The molecule has 0 aliphatic heterocycles. The molecule has 0 unspecified atom stereocenters. The topological polar surface area (TPSA) is 63.1 Å². The summed E-state index contributed by atoms with van der Waals surface area (Å²) in [4.78, 5) is 18.4. The number of pyridine rings is 2. The average molecular weight is 406 g/mol. The molecule has 0 amide bonds. The van der Waals surface area contributed by atoms with Gasteiger partial charge in [0.2, 0.25) is 0 Å². The number of hydrogen-bond donors (Lipinski definition) is 1. The molecule has 6 rings (SSSR count). The highest BCUT2D eigenvalue weighted by Crippen LogP contribution is 2.39. The highest BCUT2D eigenvalue weighted by Gasteiger charge is 2.20. The molecular weight excluding hydrogens is 384 g/mol. The Morgan fingerprint density at radius 1 is 0.935 bits per heavy atom. The van der Waals surface area contributed by atoms with Gasteiger partial charge in [0.25, 0.3) is 0 Å². The number of carboxylic acid groups (broad SMARTS) is 1. The number of carbonyl (C=O) groups is 1. The Morgan fingerprint density at radius 3 is 2.74 bits per heavy atom. The van der Waals surface area contributed by atoms with Gasteiger partial charge in [-0.1, -0.05) is 54.1 Å². The zero-order chi connectivity index (χ0) is 21.2. The van der Waals surface area contributed by atoms with Crippen molar-refractivity contribution in [1.29, 1.82) is 0 Å². The van der Waals surface area contributed by atoms with E-state index in [2.05, 4.69) is 58.5 Å². The molecule has 31 heavy (non-hydrogen) atoms. The van der Waals surface area contributed by atoms with Crippen molar-refractivity contribution in [3.05, 3.63) is 102 Å². The number of aromatic carboxylic acids is 1. The molecule has 2 aliphatic rings. The third kappa shape index (κ3) is 3.73. The normalized spacial score (nSPS) is 14.6. The third-order valence-corrected chi connectivity index (χ3v) is 6.01. The van der Waals surface area contributed by atoms with Crippen LogP contribution in [0.4, 0.5) is 0 Å². The summed E-state index contributed by atoms with van der Waals surface area (Å²) in [6.45, 7) is 0. The molecule has 2 aliphatic carbocycles. The SMILES string of the molecule is C1=CC2=C(CC1)CCc1c2ccc2ccccc12.O=C(O)c1cnc2ccncc2c1. The van der Waals surface area contributed by atoms with E-state index in [1.165, 1.54) is 53.8 Å². The van der Waals surface area contributed by atoms with Gasteiger partial charge in [0.05, 0.1) is 11.1 Å². The van der Waals surface area contributed by atoms with Crippen molar-refractivity contribution in [2.24, 2.45) is 0 Å². The number of aryl methyl sites for hydroxylation is 1. The molecule has 0 saturated carbocycles. The molecule has 0 fully saturated rings. The number of rotatable bonds is 1. The molecule has 1 N–H and O–H groups in total. The van der Waals surface area contributed by atoms with Crippen molar-refractivity contribution in [3.63, 3.8) is 0 Å². The van der Waals surface area contributed by atoms with E-state index in [9.17, 15) is 4.79 Å². The Morgan fingerprint density at radius 2 is 1.84 bits per heavy atom. The van der Waals surface area contributed by atoms with E-state index in [0.29, 0.717) is 0 Å². The second-order valence-electron chi connectivity index (χ2n) is 7.87. The highest BCUT2D eigenvalue weighted by atomic mass is 16.4. The van der Waals surface area contributed by atoms with Crippen molar-refractivity contribution in [3.8, 4) is 0 Å². The maximum atomic E-state index is 10.6. The summed E-state index contributed by atoms with van der Waals surface area (Å²) >= 11 is 0. The molecule has 152 valence electrons. The van der Waals surface area contributed by atoms with Crippen LogP contribution in [0.15, 0.2) is 84.8 Å². The molecule has 0 atom stereocenters. The molecule has 0 spiro atoms. The lowest BCUT2D eigenvalue weighted by Crippen LogP contribution is -2.06. The van der Waals surface area contributed by atoms with Crippen molar-refractivity contribution in [2.75, 3.05) is 0 Å². The third-order valence-electron chi connectivity index (χ3n) is 6.01. The van der Waals surface area contributed by atoms with E-state index in [0.717, 1.165) is 10.9 Å². The molecule has 4 heteroatoms. The lowest BCUT2D eigenvalue weighted by molar-refractivity contribution is 0.0696. The van der Waals surface area contributed by atoms with Crippen LogP contribution in [0.1, 0.15) is 40.7 Å². The van der Waals surface area contributed by atoms with Crippen molar-refractivity contribution in [2.45, 2.75) is 25.7 Å². The Labute approximate surface area is 180 Å². The van der Waals surface area contributed by atoms with Gasteiger partial charge in [0, 0.05) is 24.0 Å². The molecule has 4 nitrogen and oxygen atoms in total. The second-order valence-corrected chi connectivity index (χ2v) is 7.87.